The number of nitrogens with one attached hydrogen (secondary N) is 3. The molecule has 2 atom stereocenters. The number of hydrogen-bond donors (Lipinski definition) is 4. The van der Waals surface area contributed by atoms with Crippen molar-refractivity contribution in [1.29, 1.82) is 0 Å². The molecule has 0 aliphatic heterocycles. The highest BCUT2D eigenvalue weighted by atomic mass is 16.8. The minimum absolute atomic E-state index is 0.0349. The standard InChI is InChI=1S/C16H25N3O4/c1-10(2)16(5,15(21)17-11(3)4)18-14(20)12-6-8-13(9-7-12)19(22)23/h6-11,19,22H,1-5H3,(H,17,21)(H,18,20)/t16-/m1/s1. The van der Waals surface area contributed by atoms with E-state index in [-0.39, 0.29) is 23.6 Å². The van der Waals surface area contributed by atoms with Gasteiger partial charge in [0.15, 0.2) is 5.69 Å². The Bertz CT molecular complexity index is 555. The van der Waals surface area contributed by atoms with Crippen molar-refractivity contribution < 1.29 is 20.0 Å². The van der Waals surface area contributed by atoms with Gasteiger partial charge in [-0.1, -0.05) is 13.8 Å². The van der Waals surface area contributed by atoms with Crippen molar-refractivity contribution in [2.45, 2.75) is 46.2 Å². The molecule has 0 aromatic heterocycles. The molecule has 0 aliphatic carbocycles. The van der Waals surface area contributed by atoms with Gasteiger partial charge in [-0.05, 0) is 38.8 Å². The molecule has 4 N–H and O–H groups in total. The molecule has 1 aromatic carbocycles. The summed E-state index contributed by atoms with van der Waals surface area (Å²) in [6, 6.07) is 5.54. The zero-order valence-corrected chi connectivity index (χ0v) is 14.1. The van der Waals surface area contributed by atoms with Gasteiger partial charge in [-0.2, -0.15) is 5.23 Å². The third kappa shape index (κ3) is 4.75. The second-order valence-corrected chi connectivity index (χ2v) is 6.32. The molecule has 0 fully saturated rings. The largest absolute Gasteiger partial charge is 0.595 e. The summed E-state index contributed by atoms with van der Waals surface area (Å²) in [5.74, 6) is -0.793. The molecule has 0 spiro atoms. The fraction of sp³-hybridized carbons (Fsp3) is 0.500. The van der Waals surface area contributed by atoms with Crippen LogP contribution in [0.5, 0.6) is 0 Å². The van der Waals surface area contributed by atoms with Gasteiger partial charge in [0.1, 0.15) is 5.54 Å². The summed E-state index contributed by atoms with van der Waals surface area (Å²) in [5.41, 5.74) is -0.655. The second kappa shape index (κ2) is 7.54. The minimum Gasteiger partial charge on any atom is -0.595 e. The van der Waals surface area contributed by atoms with Crippen LogP contribution >= 0.6 is 0 Å². The van der Waals surface area contributed by atoms with Crippen LogP contribution in [-0.2, 0) is 4.79 Å². The maximum absolute atomic E-state index is 12.4. The van der Waals surface area contributed by atoms with Gasteiger partial charge in [0, 0.05) is 23.7 Å². The lowest BCUT2D eigenvalue weighted by molar-refractivity contribution is -0.991. The third-order valence-electron chi connectivity index (χ3n) is 3.81. The Balaban J connectivity index is 2.95. The highest BCUT2D eigenvalue weighted by molar-refractivity contribution is 5.99. The molecule has 0 saturated carbocycles. The number of rotatable bonds is 6. The van der Waals surface area contributed by atoms with Gasteiger partial charge in [-0.15, -0.1) is 0 Å². The van der Waals surface area contributed by atoms with Crippen molar-refractivity contribution in [3.63, 3.8) is 0 Å². The zero-order chi connectivity index (χ0) is 17.8. The third-order valence-corrected chi connectivity index (χ3v) is 3.81. The molecule has 2 amide bonds. The van der Waals surface area contributed by atoms with E-state index in [0.717, 1.165) is 0 Å². The highest BCUT2D eigenvalue weighted by Gasteiger charge is 2.38. The molecule has 7 heteroatoms. The highest BCUT2D eigenvalue weighted by Crippen LogP contribution is 2.18. The molecular weight excluding hydrogens is 298 g/mol. The Morgan fingerprint density at radius 2 is 1.70 bits per heavy atom. The van der Waals surface area contributed by atoms with E-state index in [1.165, 1.54) is 24.3 Å². The molecule has 0 radical (unpaired) electrons. The summed E-state index contributed by atoms with van der Waals surface area (Å²) >= 11 is 0. The molecule has 0 heterocycles. The molecule has 128 valence electrons. The summed E-state index contributed by atoms with van der Waals surface area (Å²) in [4.78, 5) is 24.8. The molecule has 0 aliphatic rings. The molecule has 0 saturated heterocycles. The predicted molar refractivity (Wildman–Crippen MR) is 86.2 cm³/mol. The first kappa shape index (κ1) is 19.1. The lowest BCUT2D eigenvalue weighted by atomic mass is 9.86. The fourth-order valence-electron chi connectivity index (χ4n) is 1.95. The van der Waals surface area contributed by atoms with E-state index >= 15 is 0 Å². The predicted octanol–water partition coefficient (Wildman–Crippen LogP) is 0.759. The summed E-state index contributed by atoms with van der Waals surface area (Å²) in [7, 11) is 0. The first-order chi connectivity index (χ1) is 10.6. The lowest BCUT2D eigenvalue weighted by Crippen LogP contribution is -2.99. The summed E-state index contributed by atoms with van der Waals surface area (Å²) in [6.07, 6.45) is 0. The average molecular weight is 323 g/mol. The number of carbonyl (C=O) groups is 2. The fourth-order valence-corrected chi connectivity index (χ4v) is 1.95. The van der Waals surface area contributed by atoms with Crippen molar-refractivity contribution in [1.82, 2.24) is 10.6 Å². The Kier molecular flexibility index (Phi) is 6.26. The van der Waals surface area contributed by atoms with Crippen LogP contribution in [0.25, 0.3) is 0 Å². The van der Waals surface area contributed by atoms with Crippen LogP contribution in [0.4, 0.5) is 5.69 Å². The quantitative estimate of drug-likeness (QED) is 0.580. The van der Waals surface area contributed by atoms with E-state index < -0.39 is 16.7 Å². The van der Waals surface area contributed by atoms with E-state index in [1.54, 1.807) is 6.92 Å². The summed E-state index contributed by atoms with van der Waals surface area (Å²) in [5, 5.41) is 24.2. The van der Waals surface area contributed by atoms with Crippen LogP contribution in [-0.4, -0.2) is 28.6 Å². The van der Waals surface area contributed by atoms with Crippen molar-refractivity contribution in [2.75, 3.05) is 0 Å². The molecule has 0 bridgehead atoms. The Labute approximate surface area is 136 Å². The van der Waals surface area contributed by atoms with E-state index in [0.29, 0.717) is 5.56 Å². The van der Waals surface area contributed by atoms with Crippen LogP contribution in [0.3, 0.4) is 0 Å². The number of quaternary nitrogens is 1. The molecule has 23 heavy (non-hydrogen) atoms. The normalized spacial score (nSPS) is 15.2. The summed E-state index contributed by atoms with van der Waals surface area (Å²) in [6.45, 7) is 9.09. The van der Waals surface area contributed by atoms with Gasteiger partial charge in [0.2, 0.25) is 5.91 Å². The average Bonchev–Trinajstić information content (AvgIpc) is 2.46. The van der Waals surface area contributed by atoms with Gasteiger partial charge >= 0.3 is 0 Å². The Morgan fingerprint density at radius 3 is 2.09 bits per heavy atom. The van der Waals surface area contributed by atoms with Crippen LogP contribution in [0.2, 0.25) is 0 Å². The Morgan fingerprint density at radius 1 is 1.17 bits per heavy atom. The van der Waals surface area contributed by atoms with E-state index in [9.17, 15) is 14.8 Å². The first-order valence-corrected chi connectivity index (χ1v) is 7.54. The molecular formula is C16H25N3O4. The van der Waals surface area contributed by atoms with Crippen LogP contribution in [0.1, 0.15) is 45.0 Å². The number of hydrogen-bond acceptors (Lipinski definition) is 4. The van der Waals surface area contributed by atoms with Crippen LogP contribution in [0.15, 0.2) is 24.3 Å². The van der Waals surface area contributed by atoms with Crippen LogP contribution < -0.4 is 15.9 Å². The van der Waals surface area contributed by atoms with Gasteiger partial charge in [-0.25, -0.2) is 5.21 Å². The number of amides is 2. The first-order valence-electron chi connectivity index (χ1n) is 7.54. The smallest absolute Gasteiger partial charge is 0.252 e. The molecule has 7 nitrogen and oxygen atoms in total. The van der Waals surface area contributed by atoms with E-state index in [1.807, 2.05) is 27.7 Å². The molecule has 1 aromatic rings. The maximum atomic E-state index is 12.4. The Hall–Kier alpha value is -1.96. The van der Waals surface area contributed by atoms with Crippen molar-refractivity contribution >= 4 is 17.5 Å². The molecule has 1 unspecified atom stereocenters. The van der Waals surface area contributed by atoms with Crippen molar-refractivity contribution in [3.05, 3.63) is 35.0 Å². The van der Waals surface area contributed by atoms with E-state index in [2.05, 4.69) is 10.6 Å². The second-order valence-electron chi connectivity index (χ2n) is 6.32. The van der Waals surface area contributed by atoms with Crippen LogP contribution in [0, 0.1) is 11.1 Å². The zero-order valence-electron chi connectivity index (χ0n) is 14.1. The lowest BCUT2D eigenvalue weighted by Gasteiger charge is -2.34. The van der Waals surface area contributed by atoms with Crippen molar-refractivity contribution in [3.8, 4) is 0 Å². The topological polar surface area (TPSA) is 106 Å². The SMILES string of the molecule is CC(C)NC(=O)[C@](C)(NC(=O)c1ccc([NH+]([O-])O)cc1)C(C)C. The monoisotopic (exact) mass is 323 g/mol. The minimum atomic E-state index is -1.06. The van der Waals surface area contributed by atoms with Gasteiger partial charge < -0.3 is 15.8 Å². The summed E-state index contributed by atoms with van der Waals surface area (Å²) < 4.78 is 0. The van der Waals surface area contributed by atoms with Gasteiger partial charge in [0.05, 0.1) is 0 Å². The van der Waals surface area contributed by atoms with Crippen molar-refractivity contribution in [2.24, 2.45) is 5.92 Å². The number of carbonyl (C=O) groups excluding carboxylic acids is 2. The maximum Gasteiger partial charge on any atom is 0.252 e. The van der Waals surface area contributed by atoms with Gasteiger partial charge in [0.25, 0.3) is 5.91 Å². The van der Waals surface area contributed by atoms with E-state index in [4.69, 9.17) is 5.21 Å². The number of benzene rings is 1. The molecule has 1 rings (SSSR count). The van der Waals surface area contributed by atoms with Gasteiger partial charge in [-0.3, -0.25) is 9.59 Å².